The predicted molar refractivity (Wildman–Crippen MR) is 79.5 cm³/mol. The summed E-state index contributed by atoms with van der Waals surface area (Å²) in [5.74, 6) is 0.790. The van der Waals surface area contributed by atoms with Crippen LogP contribution in [0.2, 0.25) is 19.6 Å². The molecule has 1 aromatic rings. The second-order valence-electron chi connectivity index (χ2n) is 5.08. The number of rotatable bonds is 6. The quantitative estimate of drug-likeness (QED) is 0.581. The van der Waals surface area contributed by atoms with Gasteiger partial charge in [-0.15, -0.1) is 0 Å². The van der Waals surface area contributed by atoms with Gasteiger partial charge in [0.2, 0.25) is 8.32 Å². The molecule has 0 aliphatic carbocycles. The molecule has 0 saturated heterocycles. The van der Waals surface area contributed by atoms with Crippen molar-refractivity contribution in [3.8, 4) is 0 Å². The summed E-state index contributed by atoms with van der Waals surface area (Å²) in [6, 6.07) is 8.36. The van der Waals surface area contributed by atoms with Crippen molar-refractivity contribution in [1.29, 1.82) is 0 Å². The molecule has 0 N–H and O–H groups in total. The highest BCUT2D eigenvalue weighted by molar-refractivity contribution is 6.70. The lowest BCUT2D eigenvalue weighted by Crippen LogP contribution is -2.24. The summed E-state index contributed by atoms with van der Waals surface area (Å²) in [5, 5.41) is 0. The molecule has 94 valence electrons. The van der Waals surface area contributed by atoms with Crippen LogP contribution in [-0.2, 0) is 15.3 Å². The Hall–Kier alpha value is -0.846. The zero-order chi connectivity index (χ0) is 12.9. The Morgan fingerprint density at radius 2 is 2.06 bits per heavy atom. The van der Waals surface area contributed by atoms with Gasteiger partial charge in [-0.3, -0.25) is 0 Å². The first-order valence-corrected chi connectivity index (χ1v) is 10.1. The summed E-state index contributed by atoms with van der Waals surface area (Å²) < 4.78 is 11.1. The zero-order valence-corrected chi connectivity index (χ0v) is 14.2. The number of hydrogen-bond acceptors (Lipinski definition) is 2. The van der Waals surface area contributed by atoms with Gasteiger partial charge in [0.25, 0.3) is 0 Å². The maximum absolute atomic E-state index is 5.90. The summed E-state index contributed by atoms with van der Waals surface area (Å²) >= 11 is 0. The van der Waals surface area contributed by atoms with Crippen LogP contribution in [0.15, 0.2) is 30.8 Å². The Labute approximate surface area is 108 Å². The molecule has 0 saturated carbocycles. The van der Waals surface area contributed by atoms with Crippen molar-refractivity contribution in [3.63, 3.8) is 0 Å². The average Bonchev–Trinajstić information content (AvgIpc) is 2.24. The molecule has 4 heteroatoms. The Morgan fingerprint density at radius 3 is 2.65 bits per heavy atom. The third-order valence-corrected chi connectivity index (χ3v) is 3.54. The first-order chi connectivity index (χ1) is 7.92. The van der Waals surface area contributed by atoms with Crippen LogP contribution in [-0.4, -0.2) is 25.4 Å². The van der Waals surface area contributed by atoms with Gasteiger partial charge in [0.05, 0.1) is 0 Å². The van der Waals surface area contributed by atoms with E-state index in [1.165, 1.54) is 5.56 Å². The first kappa shape index (κ1) is 14.2. The summed E-state index contributed by atoms with van der Waals surface area (Å²) in [6.07, 6.45) is 0.956. The zero-order valence-electron chi connectivity index (χ0n) is 11.2. The van der Waals surface area contributed by atoms with Crippen LogP contribution in [0.4, 0.5) is 0 Å². The van der Waals surface area contributed by atoms with Gasteiger partial charge >= 0.3 is 0 Å². The monoisotopic (exact) mass is 266 g/mol. The van der Waals surface area contributed by atoms with Crippen molar-refractivity contribution in [2.24, 2.45) is 0 Å². The highest BCUT2D eigenvalue weighted by Gasteiger charge is 2.17. The van der Waals surface area contributed by atoms with Crippen molar-refractivity contribution < 1.29 is 8.85 Å². The van der Waals surface area contributed by atoms with Crippen LogP contribution in [0, 0.1) is 0 Å². The summed E-state index contributed by atoms with van der Waals surface area (Å²) in [4.78, 5) is 0. The summed E-state index contributed by atoms with van der Waals surface area (Å²) in [6.45, 7) is 11.3. The number of hydrogen-bond donors (Lipinski definition) is 0. The minimum absolute atomic E-state index is 0.790. The third-order valence-electron chi connectivity index (χ3n) is 2.27. The van der Waals surface area contributed by atoms with Crippen molar-refractivity contribution in [2.45, 2.75) is 26.1 Å². The molecule has 0 spiro atoms. The molecular formula is C13H22O2Si2. The summed E-state index contributed by atoms with van der Waals surface area (Å²) in [5.41, 5.74) is 2.36. The van der Waals surface area contributed by atoms with Crippen molar-refractivity contribution >= 4 is 24.6 Å². The van der Waals surface area contributed by atoms with E-state index >= 15 is 0 Å². The van der Waals surface area contributed by atoms with Crippen LogP contribution >= 0.6 is 0 Å². The minimum Gasteiger partial charge on any atom is -0.544 e. The van der Waals surface area contributed by atoms with Crippen LogP contribution in [0.1, 0.15) is 11.1 Å². The molecule has 17 heavy (non-hydrogen) atoms. The lowest BCUT2D eigenvalue weighted by molar-refractivity contribution is 0.354. The standard InChI is InChI=1S/C13H22O2Si2/c1-11(15-17(2,3)4)13-7-5-6-12(10-13)8-9-14-16/h5-7,10H,1,8-9H2,2-4,16H3. The van der Waals surface area contributed by atoms with E-state index in [0.29, 0.717) is 0 Å². The van der Waals surface area contributed by atoms with Crippen molar-refractivity contribution in [1.82, 2.24) is 0 Å². The van der Waals surface area contributed by atoms with Gasteiger partial charge in [-0.1, -0.05) is 24.8 Å². The lowest BCUT2D eigenvalue weighted by Gasteiger charge is -2.21. The van der Waals surface area contributed by atoms with E-state index in [9.17, 15) is 0 Å². The Balaban J connectivity index is 2.74. The molecule has 0 radical (unpaired) electrons. The molecule has 1 aromatic carbocycles. The van der Waals surface area contributed by atoms with E-state index in [1.807, 2.05) is 6.07 Å². The highest BCUT2D eigenvalue weighted by Crippen LogP contribution is 2.20. The maximum atomic E-state index is 5.90. The Morgan fingerprint density at radius 1 is 1.35 bits per heavy atom. The predicted octanol–water partition coefficient (Wildman–Crippen LogP) is 2.35. The van der Waals surface area contributed by atoms with Gasteiger partial charge in [-0.2, -0.15) is 0 Å². The first-order valence-electron chi connectivity index (χ1n) is 5.88. The van der Waals surface area contributed by atoms with Gasteiger partial charge < -0.3 is 8.85 Å². The normalized spacial score (nSPS) is 11.5. The Bertz CT molecular complexity index is 383. The molecule has 0 fully saturated rings. The Kier molecular flexibility index (Phi) is 5.17. The molecule has 0 heterocycles. The maximum Gasteiger partial charge on any atom is 0.242 e. The third kappa shape index (κ3) is 5.34. The van der Waals surface area contributed by atoms with Crippen LogP contribution in [0.3, 0.4) is 0 Å². The second kappa shape index (κ2) is 6.19. The highest BCUT2D eigenvalue weighted by atomic mass is 28.4. The SMILES string of the molecule is C=C(O[Si](C)(C)C)c1cccc(CCO[SiH3])c1. The van der Waals surface area contributed by atoms with Crippen LogP contribution < -0.4 is 0 Å². The van der Waals surface area contributed by atoms with Gasteiger partial charge in [-0.05, 0) is 37.7 Å². The van der Waals surface area contributed by atoms with Gasteiger partial charge in [0.1, 0.15) is 16.2 Å². The molecule has 0 atom stereocenters. The van der Waals surface area contributed by atoms with E-state index < -0.39 is 8.32 Å². The van der Waals surface area contributed by atoms with Gasteiger partial charge in [0.15, 0.2) is 0 Å². The van der Waals surface area contributed by atoms with Gasteiger partial charge in [-0.25, -0.2) is 0 Å². The number of benzene rings is 1. The summed E-state index contributed by atoms with van der Waals surface area (Å²) in [7, 11) is -0.762. The molecule has 0 aliphatic rings. The molecule has 0 unspecified atom stereocenters. The molecule has 2 nitrogen and oxygen atoms in total. The largest absolute Gasteiger partial charge is 0.544 e. The topological polar surface area (TPSA) is 18.5 Å². The average molecular weight is 266 g/mol. The van der Waals surface area contributed by atoms with Crippen molar-refractivity contribution in [2.75, 3.05) is 6.61 Å². The van der Waals surface area contributed by atoms with Crippen LogP contribution in [0.5, 0.6) is 0 Å². The molecule has 0 amide bonds. The smallest absolute Gasteiger partial charge is 0.242 e. The molecular weight excluding hydrogens is 244 g/mol. The van der Waals surface area contributed by atoms with Gasteiger partial charge in [0, 0.05) is 12.2 Å². The van der Waals surface area contributed by atoms with Crippen LogP contribution in [0.25, 0.3) is 5.76 Å². The van der Waals surface area contributed by atoms with E-state index in [1.54, 1.807) is 0 Å². The fourth-order valence-electron chi connectivity index (χ4n) is 1.55. The van der Waals surface area contributed by atoms with E-state index in [2.05, 4.69) is 44.4 Å². The fourth-order valence-corrected chi connectivity index (χ4v) is 2.61. The minimum atomic E-state index is -1.56. The fraction of sp³-hybridized carbons (Fsp3) is 0.385. The molecule has 0 aromatic heterocycles. The van der Waals surface area contributed by atoms with E-state index in [0.717, 1.165) is 34.8 Å². The molecule has 0 bridgehead atoms. The molecule has 0 aliphatic heterocycles. The second-order valence-corrected chi connectivity index (χ2v) is 10.1. The van der Waals surface area contributed by atoms with Crippen molar-refractivity contribution in [3.05, 3.63) is 42.0 Å². The van der Waals surface area contributed by atoms with E-state index in [-0.39, 0.29) is 0 Å². The van der Waals surface area contributed by atoms with E-state index in [4.69, 9.17) is 8.85 Å². The lowest BCUT2D eigenvalue weighted by atomic mass is 10.1. The molecule has 1 rings (SSSR count).